The Hall–Kier alpha value is -3.81. The molecule has 0 aliphatic carbocycles. The van der Waals surface area contributed by atoms with Crippen molar-refractivity contribution in [2.75, 3.05) is 0 Å². The Morgan fingerprint density at radius 2 is 1.71 bits per heavy atom. The van der Waals surface area contributed by atoms with Crippen LogP contribution in [0, 0.1) is 0 Å². The summed E-state index contributed by atoms with van der Waals surface area (Å²) in [6.45, 7) is 0. The number of carboxylic acid groups (broad SMARTS) is 1. The lowest BCUT2D eigenvalue weighted by Crippen LogP contribution is -2.54. The number of piperidine rings is 1. The Bertz CT molecular complexity index is 1070. The second-order valence-electron chi connectivity index (χ2n) is 6.56. The van der Waals surface area contributed by atoms with Crippen LogP contribution in [-0.4, -0.2) is 45.6 Å². The van der Waals surface area contributed by atoms with Gasteiger partial charge in [-0.05, 0) is 35.7 Å². The van der Waals surface area contributed by atoms with E-state index in [9.17, 15) is 29.1 Å². The molecule has 0 bridgehead atoms. The second kappa shape index (κ2) is 6.41. The molecule has 28 heavy (non-hydrogen) atoms. The molecular formula is C20H14N2O6. The Morgan fingerprint density at radius 3 is 2.43 bits per heavy atom. The van der Waals surface area contributed by atoms with Crippen LogP contribution in [0.25, 0.3) is 11.1 Å². The third kappa shape index (κ3) is 2.66. The van der Waals surface area contributed by atoms with Crippen molar-refractivity contribution in [3.63, 3.8) is 0 Å². The number of carboxylic acids is 1. The normalized spacial score (nSPS) is 18.9. The molecule has 2 heterocycles. The molecule has 1 saturated heterocycles. The maximum atomic E-state index is 13.1. The average molecular weight is 378 g/mol. The Morgan fingerprint density at radius 1 is 1.00 bits per heavy atom. The van der Waals surface area contributed by atoms with Crippen LogP contribution in [0.2, 0.25) is 0 Å². The van der Waals surface area contributed by atoms with Crippen LogP contribution in [0.15, 0.2) is 42.5 Å². The zero-order chi connectivity index (χ0) is 20.0. The molecule has 2 aliphatic heterocycles. The van der Waals surface area contributed by atoms with E-state index in [-0.39, 0.29) is 29.5 Å². The number of nitrogens with one attached hydrogen (secondary N) is 1. The third-order valence-electron chi connectivity index (χ3n) is 4.89. The number of imide groups is 2. The zero-order valence-electron chi connectivity index (χ0n) is 14.5. The summed E-state index contributed by atoms with van der Waals surface area (Å²) in [4.78, 5) is 61.6. The average Bonchev–Trinajstić information content (AvgIpc) is 2.93. The van der Waals surface area contributed by atoms with Gasteiger partial charge in [-0.15, -0.1) is 0 Å². The standard InChI is InChI=1S/C20H14N2O6/c23-15-8-7-14(17(24)21-15)22-18(25)13-6-2-5-12(16(13)19(22)26)10-3-1-4-11(9-10)20(27)28/h1-6,9,14H,7-8H2,(H,27,28)(H,21,23,24). The molecule has 2 aromatic rings. The Balaban J connectivity index is 1.79. The van der Waals surface area contributed by atoms with E-state index in [1.165, 1.54) is 18.2 Å². The number of carbonyl (C=O) groups excluding carboxylic acids is 4. The van der Waals surface area contributed by atoms with Gasteiger partial charge in [-0.3, -0.25) is 29.4 Å². The topological polar surface area (TPSA) is 121 Å². The first-order valence-corrected chi connectivity index (χ1v) is 8.57. The summed E-state index contributed by atoms with van der Waals surface area (Å²) in [5.74, 6) is -3.47. The van der Waals surface area contributed by atoms with Crippen LogP contribution in [0.5, 0.6) is 0 Å². The third-order valence-corrected chi connectivity index (χ3v) is 4.89. The van der Waals surface area contributed by atoms with Crippen LogP contribution < -0.4 is 5.32 Å². The molecule has 0 saturated carbocycles. The maximum absolute atomic E-state index is 13.1. The monoisotopic (exact) mass is 378 g/mol. The molecular weight excluding hydrogens is 364 g/mol. The quantitative estimate of drug-likeness (QED) is 0.780. The molecule has 1 fully saturated rings. The number of amides is 4. The maximum Gasteiger partial charge on any atom is 0.335 e. The summed E-state index contributed by atoms with van der Waals surface area (Å²) in [6.07, 6.45) is 0.108. The predicted molar refractivity (Wildman–Crippen MR) is 95.5 cm³/mol. The van der Waals surface area contributed by atoms with E-state index in [1.807, 2.05) is 0 Å². The Labute approximate surface area is 158 Å². The second-order valence-corrected chi connectivity index (χ2v) is 6.56. The van der Waals surface area contributed by atoms with Gasteiger partial charge in [0.05, 0.1) is 16.7 Å². The van der Waals surface area contributed by atoms with Gasteiger partial charge in [0.1, 0.15) is 6.04 Å². The number of carbonyl (C=O) groups is 5. The molecule has 8 heteroatoms. The number of hydrogen-bond acceptors (Lipinski definition) is 5. The fourth-order valence-corrected chi connectivity index (χ4v) is 3.58. The van der Waals surface area contributed by atoms with Crippen molar-refractivity contribution >= 4 is 29.6 Å². The molecule has 2 aromatic carbocycles. The first-order chi connectivity index (χ1) is 13.4. The van der Waals surface area contributed by atoms with Crippen LogP contribution >= 0.6 is 0 Å². The molecule has 0 spiro atoms. The van der Waals surface area contributed by atoms with Gasteiger partial charge in [0.2, 0.25) is 11.8 Å². The first-order valence-electron chi connectivity index (χ1n) is 8.57. The molecule has 1 atom stereocenters. The van der Waals surface area contributed by atoms with Crippen molar-refractivity contribution in [1.82, 2.24) is 10.2 Å². The van der Waals surface area contributed by atoms with E-state index in [0.717, 1.165) is 4.90 Å². The molecule has 1 unspecified atom stereocenters. The largest absolute Gasteiger partial charge is 0.478 e. The lowest BCUT2D eigenvalue weighted by atomic mass is 9.95. The van der Waals surface area contributed by atoms with E-state index >= 15 is 0 Å². The highest BCUT2D eigenvalue weighted by atomic mass is 16.4. The van der Waals surface area contributed by atoms with Crippen LogP contribution in [0.4, 0.5) is 0 Å². The Kier molecular flexibility index (Phi) is 4.03. The molecule has 8 nitrogen and oxygen atoms in total. The smallest absolute Gasteiger partial charge is 0.335 e. The molecule has 0 radical (unpaired) electrons. The predicted octanol–water partition coefficient (Wildman–Crippen LogP) is 1.45. The lowest BCUT2D eigenvalue weighted by Gasteiger charge is -2.27. The molecule has 140 valence electrons. The lowest BCUT2D eigenvalue weighted by molar-refractivity contribution is -0.136. The summed E-state index contributed by atoms with van der Waals surface area (Å²) in [6, 6.07) is 9.71. The number of rotatable bonds is 3. The van der Waals surface area contributed by atoms with Gasteiger partial charge in [0, 0.05) is 6.42 Å². The van der Waals surface area contributed by atoms with Gasteiger partial charge in [-0.2, -0.15) is 0 Å². The fourth-order valence-electron chi connectivity index (χ4n) is 3.58. The molecule has 0 aromatic heterocycles. The van der Waals surface area contributed by atoms with Crippen LogP contribution in [0.3, 0.4) is 0 Å². The van der Waals surface area contributed by atoms with Crippen molar-refractivity contribution in [2.45, 2.75) is 18.9 Å². The van der Waals surface area contributed by atoms with E-state index in [1.54, 1.807) is 24.3 Å². The molecule has 4 amide bonds. The summed E-state index contributed by atoms with van der Waals surface area (Å²) < 4.78 is 0. The van der Waals surface area contributed by atoms with Crippen molar-refractivity contribution < 1.29 is 29.1 Å². The highest BCUT2D eigenvalue weighted by molar-refractivity contribution is 6.25. The number of fused-ring (bicyclic) bond motifs is 1. The summed E-state index contributed by atoms with van der Waals surface area (Å²) >= 11 is 0. The first kappa shape index (κ1) is 17.6. The van der Waals surface area contributed by atoms with Gasteiger partial charge in [-0.25, -0.2) is 4.79 Å². The van der Waals surface area contributed by atoms with Crippen molar-refractivity contribution in [1.29, 1.82) is 0 Å². The van der Waals surface area contributed by atoms with Crippen LogP contribution in [-0.2, 0) is 9.59 Å². The minimum atomic E-state index is -1.11. The minimum Gasteiger partial charge on any atom is -0.478 e. The van der Waals surface area contributed by atoms with Crippen molar-refractivity contribution in [3.8, 4) is 11.1 Å². The SMILES string of the molecule is O=C1CCC(N2C(=O)c3cccc(-c4cccc(C(=O)O)c4)c3C2=O)C(=O)N1. The summed E-state index contributed by atoms with van der Waals surface area (Å²) in [5, 5.41) is 11.4. The number of nitrogens with zero attached hydrogens (tertiary/aromatic N) is 1. The van der Waals surface area contributed by atoms with Crippen LogP contribution in [0.1, 0.15) is 43.9 Å². The highest BCUT2D eigenvalue weighted by Gasteiger charge is 2.45. The van der Waals surface area contributed by atoms with E-state index in [0.29, 0.717) is 11.1 Å². The van der Waals surface area contributed by atoms with E-state index < -0.39 is 35.6 Å². The highest BCUT2D eigenvalue weighted by Crippen LogP contribution is 2.35. The van der Waals surface area contributed by atoms with Gasteiger partial charge in [0.15, 0.2) is 0 Å². The van der Waals surface area contributed by atoms with Crippen molar-refractivity contribution in [2.24, 2.45) is 0 Å². The fraction of sp³-hybridized carbons (Fsp3) is 0.150. The number of benzene rings is 2. The zero-order valence-corrected chi connectivity index (χ0v) is 14.5. The summed E-state index contributed by atoms with van der Waals surface area (Å²) in [5.41, 5.74) is 1.21. The van der Waals surface area contributed by atoms with E-state index in [2.05, 4.69) is 5.32 Å². The molecule has 2 aliphatic rings. The number of aromatic carboxylic acids is 1. The van der Waals surface area contributed by atoms with E-state index in [4.69, 9.17) is 0 Å². The summed E-state index contributed by atoms with van der Waals surface area (Å²) in [7, 11) is 0. The van der Waals surface area contributed by atoms with Gasteiger partial charge < -0.3 is 5.11 Å². The molecule has 4 rings (SSSR count). The van der Waals surface area contributed by atoms with Gasteiger partial charge >= 0.3 is 5.97 Å². The minimum absolute atomic E-state index is 0.0390. The van der Waals surface area contributed by atoms with Gasteiger partial charge in [-0.1, -0.05) is 24.3 Å². The van der Waals surface area contributed by atoms with Crippen molar-refractivity contribution in [3.05, 3.63) is 59.2 Å². The number of hydrogen-bond donors (Lipinski definition) is 2. The molecule has 2 N–H and O–H groups in total. The van der Waals surface area contributed by atoms with Gasteiger partial charge in [0.25, 0.3) is 11.8 Å².